The van der Waals surface area contributed by atoms with Crippen LogP contribution in [0.15, 0.2) is 24.3 Å². The Bertz CT molecular complexity index is 463. The number of hydrogen-bond acceptors (Lipinski definition) is 3. The second-order valence-corrected chi connectivity index (χ2v) is 4.74. The summed E-state index contributed by atoms with van der Waals surface area (Å²) in [5.74, 6) is 0.626. The molecule has 0 aliphatic carbocycles. The zero-order valence-electron chi connectivity index (χ0n) is 10.6. The standard InChI is InChI=1S/C14H18N2O2/c1-11-10-14(16(17)18)5-4-13(11)3-2-12-6-8-15-9-7-12/h2-5,10,12,15H,6-9H2,1H3/b3-2-. The molecule has 0 unspecified atom stereocenters. The van der Waals surface area contributed by atoms with Gasteiger partial charge >= 0.3 is 0 Å². The fourth-order valence-electron chi connectivity index (χ4n) is 2.24. The molecule has 1 heterocycles. The molecule has 0 spiro atoms. The average molecular weight is 246 g/mol. The molecular formula is C14H18N2O2. The van der Waals surface area contributed by atoms with Gasteiger partial charge in [-0.05, 0) is 56.0 Å². The molecule has 1 aromatic carbocycles. The fraction of sp³-hybridized carbons (Fsp3) is 0.429. The largest absolute Gasteiger partial charge is 0.317 e. The molecule has 0 atom stereocenters. The first kappa shape index (κ1) is 12.8. The van der Waals surface area contributed by atoms with Gasteiger partial charge in [-0.2, -0.15) is 0 Å². The van der Waals surface area contributed by atoms with Gasteiger partial charge in [0, 0.05) is 12.1 Å². The lowest BCUT2D eigenvalue weighted by Crippen LogP contribution is -2.26. The van der Waals surface area contributed by atoms with Gasteiger partial charge in [0.2, 0.25) is 0 Å². The van der Waals surface area contributed by atoms with Crippen molar-refractivity contribution in [3.05, 3.63) is 45.5 Å². The highest BCUT2D eigenvalue weighted by Crippen LogP contribution is 2.20. The highest BCUT2D eigenvalue weighted by atomic mass is 16.6. The van der Waals surface area contributed by atoms with E-state index in [-0.39, 0.29) is 10.6 Å². The van der Waals surface area contributed by atoms with Crippen molar-refractivity contribution in [1.29, 1.82) is 0 Å². The van der Waals surface area contributed by atoms with Crippen LogP contribution in [0.5, 0.6) is 0 Å². The molecule has 0 bridgehead atoms. The summed E-state index contributed by atoms with van der Waals surface area (Å²) < 4.78 is 0. The maximum absolute atomic E-state index is 10.7. The van der Waals surface area contributed by atoms with Gasteiger partial charge in [0.05, 0.1) is 4.92 Å². The summed E-state index contributed by atoms with van der Waals surface area (Å²) in [7, 11) is 0. The molecule has 0 amide bonds. The monoisotopic (exact) mass is 246 g/mol. The topological polar surface area (TPSA) is 55.2 Å². The molecule has 0 radical (unpaired) electrons. The number of nitro benzene ring substituents is 1. The maximum atomic E-state index is 10.7. The van der Waals surface area contributed by atoms with Gasteiger partial charge in [0.1, 0.15) is 0 Å². The van der Waals surface area contributed by atoms with E-state index in [2.05, 4.69) is 17.5 Å². The summed E-state index contributed by atoms with van der Waals surface area (Å²) in [6.07, 6.45) is 6.66. The molecular weight excluding hydrogens is 228 g/mol. The Morgan fingerprint density at radius 3 is 2.72 bits per heavy atom. The maximum Gasteiger partial charge on any atom is 0.269 e. The summed E-state index contributed by atoms with van der Waals surface area (Å²) in [4.78, 5) is 10.3. The minimum Gasteiger partial charge on any atom is -0.317 e. The van der Waals surface area contributed by atoms with E-state index in [1.807, 2.05) is 13.0 Å². The second-order valence-electron chi connectivity index (χ2n) is 4.74. The van der Waals surface area contributed by atoms with Crippen LogP contribution >= 0.6 is 0 Å². The number of allylic oxidation sites excluding steroid dienone is 1. The van der Waals surface area contributed by atoms with Crippen molar-refractivity contribution >= 4 is 11.8 Å². The second kappa shape index (κ2) is 5.78. The highest BCUT2D eigenvalue weighted by Gasteiger charge is 2.10. The Morgan fingerprint density at radius 1 is 1.39 bits per heavy atom. The number of benzene rings is 1. The van der Waals surface area contributed by atoms with Gasteiger partial charge in [0.15, 0.2) is 0 Å². The lowest BCUT2D eigenvalue weighted by Gasteiger charge is -2.19. The number of nitro groups is 1. The van der Waals surface area contributed by atoms with E-state index in [0.717, 1.165) is 24.2 Å². The number of aryl methyl sites for hydroxylation is 1. The molecule has 4 nitrogen and oxygen atoms in total. The molecule has 1 aliphatic heterocycles. The SMILES string of the molecule is Cc1cc([N+](=O)[O-])ccc1/C=C\C1CCNCC1. The highest BCUT2D eigenvalue weighted by molar-refractivity contribution is 5.56. The van der Waals surface area contributed by atoms with Crippen molar-refractivity contribution in [1.82, 2.24) is 5.32 Å². The van der Waals surface area contributed by atoms with Crippen LogP contribution in [0, 0.1) is 23.0 Å². The van der Waals surface area contributed by atoms with Crippen molar-refractivity contribution in [3.8, 4) is 0 Å². The number of rotatable bonds is 3. The van der Waals surface area contributed by atoms with E-state index in [1.54, 1.807) is 12.1 Å². The predicted octanol–water partition coefficient (Wildman–Crippen LogP) is 2.92. The van der Waals surface area contributed by atoms with Crippen molar-refractivity contribution in [2.24, 2.45) is 5.92 Å². The Morgan fingerprint density at radius 2 is 2.11 bits per heavy atom. The van der Waals surface area contributed by atoms with E-state index in [0.29, 0.717) is 5.92 Å². The third-order valence-electron chi connectivity index (χ3n) is 3.40. The average Bonchev–Trinajstić information content (AvgIpc) is 2.38. The number of nitrogens with one attached hydrogen (secondary N) is 1. The van der Waals surface area contributed by atoms with E-state index in [1.165, 1.54) is 12.8 Å². The minimum absolute atomic E-state index is 0.159. The molecule has 0 saturated carbocycles. The van der Waals surface area contributed by atoms with Crippen molar-refractivity contribution in [2.75, 3.05) is 13.1 Å². The molecule has 0 aromatic heterocycles. The zero-order chi connectivity index (χ0) is 13.0. The molecule has 1 aromatic rings. The van der Waals surface area contributed by atoms with E-state index in [4.69, 9.17) is 0 Å². The zero-order valence-corrected chi connectivity index (χ0v) is 10.6. The Hall–Kier alpha value is -1.68. The van der Waals surface area contributed by atoms with Gasteiger partial charge < -0.3 is 5.32 Å². The molecule has 1 fully saturated rings. The summed E-state index contributed by atoms with van der Waals surface area (Å²) in [5, 5.41) is 14.0. The van der Waals surface area contributed by atoms with Crippen LogP contribution in [-0.4, -0.2) is 18.0 Å². The lowest BCUT2D eigenvalue weighted by atomic mass is 9.96. The Labute approximate surface area is 107 Å². The van der Waals surface area contributed by atoms with Crippen molar-refractivity contribution in [3.63, 3.8) is 0 Å². The van der Waals surface area contributed by atoms with Gasteiger partial charge in [-0.1, -0.05) is 12.2 Å². The Kier molecular flexibility index (Phi) is 4.10. The van der Waals surface area contributed by atoms with Gasteiger partial charge in [-0.15, -0.1) is 0 Å². The van der Waals surface area contributed by atoms with Crippen LogP contribution in [0.2, 0.25) is 0 Å². The van der Waals surface area contributed by atoms with Crippen LogP contribution < -0.4 is 5.32 Å². The molecule has 2 rings (SSSR count). The number of non-ortho nitro benzene ring substituents is 1. The van der Waals surface area contributed by atoms with Crippen LogP contribution in [0.25, 0.3) is 6.08 Å². The summed E-state index contributed by atoms with van der Waals surface area (Å²) in [6, 6.07) is 5.02. The smallest absolute Gasteiger partial charge is 0.269 e. The van der Waals surface area contributed by atoms with E-state index in [9.17, 15) is 10.1 Å². The van der Waals surface area contributed by atoms with Gasteiger partial charge in [0.25, 0.3) is 5.69 Å². The fourth-order valence-corrected chi connectivity index (χ4v) is 2.24. The van der Waals surface area contributed by atoms with Gasteiger partial charge in [-0.3, -0.25) is 10.1 Å². The number of piperidine rings is 1. The van der Waals surface area contributed by atoms with Crippen LogP contribution in [0.1, 0.15) is 24.0 Å². The first-order valence-electron chi connectivity index (χ1n) is 6.31. The first-order chi connectivity index (χ1) is 8.66. The minimum atomic E-state index is -0.354. The predicted molar refractivity (Wildman–Crippen MR) is 72.5 cm³/mol. The van der Waals surface area contributed by atoms with Gasteiger partial charge in [-0.25, -0.2) is 0 Å². The van der Waals surface area contributed by atoms with Crippen LogP contribution in [-0.2, 0) is 0 Å². The lowest BCUT2D eigenvalue weighted by molar-refractivity contribution is -0.384. The number of nitrogens with zero attached hydrogens (tertiary/aromatic N) is 1. The third-order valence-corrected chi connectivity index (χ3v) is 3.40. The first-order valence-corrected chi connectivity index (χ1v) is 6.31. The molecule has 1 aliphatic rings. The van der Waals surface area contributed by atoms with Crippen LogP contribution in [0.4, 0.5) is 5.69 Å². The quantitative estimate of drug-likeness (QED) is 0.659. The molecule has 1 N–H and O–H groups in total. The van der Waals surface area contributed by atoms with E-state index >= 15 is 0 Å². The summed E-state index contributed by atoms with van der Waals surface area (Å²) in [5.41, 5.74) is 2.18. The third kappa shape index (κ3) is 3.17. The number of hydrogen-bond donors (Lipinski definition) is 1. The normalized spacial score (nSPS) is 17.2. The molecule has 18 heavy (non-hydrogen) atoms. The summed E-state index contributed by atoms with van der Waals surface area (Å²) >= 11 is 0. The van der Waals surface area contributed by atoms with Crippen molar-refractivity contribution in [2.45, 2.75) is 19.8 Å². The Balaban J connectivity index is 2.09. The van der Waals surface area contributed by atoms with Crippen molar-refractivity contribution < 1.29 is 4.92 Å². The molecule has 4 heteroatoms. The summed E-state index contributed by atoms with van der Waals surface area (Å²) in [6.45, 7) is 4.07. The van der Waals surface area contributed by atoms with Crippen LogP contribution in [0.3, 0.4) is 0 Å². The molecule has 96 valence electrons. The molecule has 1 saturated heterocycles. The van der Waals surface area contributed by atoms with E-state index < -0.39 is 0 Å².